The van der Waals surface area contributed by atoms with Gasteiger partial charge in [0, 0.05) is 12.4 Å². The number of aromatic nitrogens is 3. The minimum Gasteiger partial charge on any atom is -0.477 e. The summed E-state index contributed by atoms with van der Waals surface area (Å²) in [6, 6.07) is 5.15. The van der Waals surface area contributed by atoms with Crippen LogP contribution < -0.4 is 0 Å². The van der Waals surface area contributed by atoms with Crippen molar-refractivity contribution >= 4 is 5.97 Å². The van der Waals surface area contributed by atoms with Crippen LogP contribution in [0.5, 0.6) is 0 Å². The van der Waals surface area contributed by atoms with E-state index in [1.807, 2.05) is 12.3 Å². The number of nitrogens with zero attached hydrogens (tertiary/aromatic N) is 3. The average molecular weight is 231 g/mol. The van der Waals surface area contributed by atoms with E-state index < -0.39 is 5.97 Å². The highest BCUT2D eigenvalue weighted by atomic mass is 16.4. The van der Waals surface area contributed by atoms with Crippen molar-refractivity contribution in [3.63, 3.8) is 0 Å². The van der Waals surface area contributed by atoms with Crippen molar-refractivity contribution in [2.75, 3.05) is 0 Å². The number of aromatic carboxylic acids is 1. The van der Waals surface area contributed by atoms with Crippen molar-refractivity contribution in [1.82, 2.24) is 14.8 Å². The molecule has 0 amide bonds. The van der Waals surface area contributed by atoms with Crippen molar-refractivity contribution < 1.29 is 9.90 Å². The molecule has 5 heteroatoms. The first-order valence-corrected chi connectivity index (χ1v) is 5.33. The first-order valence-electron chi connectivity index (χ1n) is 5.33. The summed E-state index contributed by atoms with van der Waals surface area (Å²) < 4.78 is 1.66. The van der Waals surface area contributed by atoms with Gasteiger partial charge in [-0.3, -0.25) is 0 Å². The van der Waals surface area contributed by atoms with Crippen LogP contribution in [0.15, 0.2) is 30.6 Å². The maximum atomic E-state index is 10.8. The second-order valence-electron chi connectivity index (χ2n) is 4.04. The molecule has 1 N–H and O–H groups in total. The van der Waals surface area contributed by atoms with Gasteiger partial charge in [0.2, 0.25) is 0 Å². The van der Waals surface area contributed by atoms with Gasteiger partial charge >= 0.3 is 5.97 Å². The topological polar surface area (TPSA) is 68.0 Å². The molecular weight excluding hydrogens is 218 g/mol. The lowest BCUT2D eigenvalue weighted by molar-refractivity contribution is 0.0690. The fourth-order valence-electron chi connectivity index (χ4n) is 1.47. The molecule has 0 radical (unpaired) electrons. The molecule has 0 aromatic carbocycles. The molecule has 2 aromatic rings. The molecule has 2 aromatic heterocycles. The minimum atomic E-state index is -1.04. The van der Waals surface area contributed by atoms with E-state index in [1.165, 1.54) is 12.3 Å². The fraction of sp³-hybridized carbons (Fsp3) is 0.250. The van der Waals surface area contributed by atoms with Crippen molar-refractivity contribution in [1.29, 1.82) is 0 Å². The number of carboxylic acids is 1. The molecule has 0 aliphatic rings. The second kappa shape index (κ2) is 4.37. The molecule has 0 atom stereocenters. The van der Waals surface area contributed by atoms with E-state index in [4.69, 9.17) is 5.11 Å². The van der Waals surface area contributed by atoms with Crippen LogP contribution in [0.1, 0.15) is 35.9 Å². The van der Waals surface area contributed by atoms with E-state index in [0.717, 1.165) is 5.69 Å². The SMILES string of the molecule is CC(C)c1ccn(-c2ccnc(C(=O)O)c2)n1. The predicted molar refractivity (Wildman–Crippen MR) is 62.4 cm³/mol. The molecule has 2 rings (SSSR count). The molecule has 17 heavy (non-hydrogen) atoms. The first kappa shape index (κ1) is 11.3. The zero-order chi connectivity index (χ0) is 12.4. The minimum absolute atomic E-state index is 0.0177. The Balaban J connectivity index is 2.38. The maximum Gasteiger partial charge on any atom is 0.354 e. The standard InChI is InChI=1S/C12H13N3O2/c1-8(2)10-4-6-15(14-10)9-3-5-13-11(7-9)12(16)17/h3-8H,1-2H3,(H,16,17). The third-order valence-electron chi connectivity index (χ3n) is 2.43. The normalized spacial score (nSPS) is 10.8. The van der Waals surface area contributed by atoms with Crippen LogP contribution in [-0.2, 0) is 0 Å². The van der Waals surface area contributed by atoms with Crippen LogP contribution >= 0.6 is 0 Å². The molecular formula is C12H13N3O2. The number of hydrogen-bond acceptors (Lipinski definition) is 3. The molecule has 0 fully saturated rings. The van der Waals surface area contributed by atoms with Gasteiger partial charge in [-0.2, -0.15) is 5.10 Å². The summed E-state index contributed by atoms with van der Waals surface area (Å²) in [5.41, 5.74) is 1.69. The average Bonchev–Trinajstić information content (AvgIpc) is 2.78. The van der Waals surface area contributed by atoms with E-state index in [-0.39, 0.29) is 5.69 Å². The highest BCUT2D eigenvalue weighted by Crippen LogP contribution is 2.14. The highest BCUT2D eigenvalue weighted by molar-refractivity contribution is 5.85. The van der Waals surface area contributed by atoms with Gasteiger partial charge in [-0.05, 0) is 24.1 Å². The van der Waals surface area contributed by atoms with Crippen molar-refractivity contribution in [3.05, 3.63) is 42.0 Å². The second-order valence-corrected chi connectivity index (χ2v) is 4.04. The molecule has 2 heterocycles. The summed E-state index contributed by atoms with van der Waals surface area (Å²) in [6.07, 6.45) is 3.28. The van der Waals surface area contributed by atoms with Crippen molar-refractivity contribution in [3.8, 4) is 5.69 Å². The molecule has 5 nitrogen and oxygen atoms in total. The molecule has 88 valence electrons. The molecule has 0 aliphatic heterocycles. The molecule has 0 saturated carbocycles. The summed E-state index contributed by atoms with van der Waals surface area (Å²) in [6.45, 7) is 4.11. The van der Waals surface area contributed by atoms with E-state index in [0.29, 0.717) is 11.6 Å². The highest BCUT2D eigenvalue weighted by Gasteiger charge is 2.08. The zero-order valence-corrected chi connectivity index (χ0v) is 9.66. The fourth-order valence-corrected chi connectivity index (χ4v) is 1.47. The molecule has 0 saturated heterocycles. The summed E-state index contributed by atoms with van der Waals surface area (Å²) in [4.78, 5) is 14.6. The first-order chi connectivity index (χ1) is 8.08. The summed E-state index contributed by atoms with van der Waals surface area (Å²) in [7, 11) is 0. The van der Waals surface area contributed by atoms with E-state index in [9.17, 15) is 4.79 Å². The third-order valence-corrected chi connectivity index (χ3v) is 2.43. The lowest BCUT2D eigenvalue weighted by atomic mass is 10.1. The maximum absolute atomic E-state index is 10.8. The van der Waals surface area contributed by atoms with Crippen LogP contribution in [0, 0.1) is 0 Å². The Bertz CT molecular complexity index is 546. The summed E-state index contributed by atoms with van der Waals surface area (Å²) >= 11 is 0. The Morgan fingerprint density at radius 2 is 2.18 bits per heavy atom. The Morgan fingerprint density at radius 1 is 1.41 bits per heavy atom. The van der Waals surface area contributed by atoms with Gasteiger partial charge in [0.15, 0.2) is 0 Å². The predicted octanol–water partition coefficient (Wildman–Crippen LogP) is 2.09. The van der Waals surface area contributed by atoms with Gasteiger partial charge in [0.25, 0.3) is 0 Å². The number of rotatable bonds is 3. The Hall–Kier alpha value is -2.17. The number of pyridine rings is 1. The van der Waals surface area contributed by atoms with Crippen molar-refractivity contribution in [2.45, 2.75) is 19.8 Å². The van der Waals surface area contributed by atoms with Crippen LogP contribution in [-0.4, -0.2) is 25.8 Å². The smallest absolute Gasteiger partial charge is 0.354 e. The van der Waals surface area contributed by atoms with Crippen molar-refractivity contribution in [2.24, 2.45) is 0 Å². The summed E-state index contributed by atoms with van der Waals surface area (Å²) in [5, 5.41) is 13.2. The Kier molecular flexibility index (Phi) is 2.91. The van der Waals surface area contributed by atoms with Crippen LogP contribution in [0.2, 0.25) is 0 Å². The lowest BCUT2D eigenvalue weighted by Gasteiger charge is -2.02. The molecule has 0 unspecified atom stereocenters. The van der Waals surface area contributed by atoms with Crippen LogP contribution in [0.25, 0.3) is 5.69 Å². The van der Waals surface area contributed by atoms with Gasteiger partial charge < -0.3 is 5.11 Å². The zero-order valence-electron chi connectivity index (χ0n) is 9.66. The molecule has 0 spiro atoms. The van der Waals surface area contributed by atoms with Crippen LogP contribution in [0.3, 0.4) is 0 Å². The summed E-state index contributed by atoms with van der Waals surface area (Å²) in [5.74, 6) is -0.694. The Labute approximate surface area is 98.7 Å². The number of carbonyl (C=O) groups is 1. The van der Waals surface area contributed by atoms with Gasteiger partial charge in [-0.15, -0.1) is 0 Å². The third kappa shape index (κ3) is 2.33. The largest absolute Gasteiger partial charge is 0.477 e. The van der Waals surface area contributed by atoms with E-state index in [2.05, 4.69) is 23.9 Å². The molecule has 0 aliphatic carbocycles. The van der Waals surface area contributed by atoms with Crippen LogP contribution in [0.4, 0.5) is 0 Å². The van der Waals surface area contributed by atoms with Gasteiger partial charge in [-0.25, -0.2) is 14.5 Å². The van der Waals surface area contributed by atoms with Gasteiger partial charge in [-0.1, -0.05) is 13.8 Å². The van der Waals surface area contributed by atoms with E-state index in [1.54, 1.807) is 10.7 Å². The van der Waals surface area contributed by atoms with E-state index >= 15 is 0 Å². The molecule has 0 bridgehead atoms. The van der Waals surface area contributed by atoms with Gasteiger partial charge in [0.05, 0.1) is 11.4 Å². The monoisotopic (exact) mass is 231 g/mol. The lowest BCUT2D eigenvalue weighted by Crippen LogP contribution is -2.03. The number of carboxylic acid groups (broad SMARTS) is 1. The quantitative estimate of drug-likeness (QED) is 0.878. The Morgan fingerprint density at radius 3 is 2.76 bits per heavy atom. The number of hydrogen-bond donors (Lipinski definition) is 1. The van der Waals surface area contributed by atoms with Gasteiger partial charge in [0.1, 0.15) is 5.69 Å².